The number of hydrogen-bond acceptors (Lipinski definition) is 3. The molecule has 3 rings (SSSR count). The molecular formula is C20H19ClN2O2. The molecular weight excluding hydrogens is 336 g/mol. The van der Waals surface area contributed by atoms with E-state index in [0.29, 0.717) is 17.9 Å². The molecule has 0 bridgehead atoms. The van der Waals surface area contributed by atoms with Gasteiger partial charge in [-0.25, -0.2) is 4.68 Å². The summed E-state index contributed by atoms with van der Waals surface area (Å²) in [5.74, 6) is 0.952. The van der Waals surface area contributed by atoms with Gasteiger partial charge in [0.25, 0.3) is 0 Å². The minimum atomic E-state index is 0.159. The lowest BCUT2D eigenvalue weighted by molar-refractivity contribution is -0.116. The van der Waals surface area contributed by atoms with Crippen molar-refractivity contribution in [2.45, 2.75) is 19.8 Å². The van der Waals surface area contributed by atoms with Gasteiger partial charge in [0.15, 0.2) is 0 Å². The van der Waals surface area contributed by atoms with Crippen molar-refractivity contribution in [1.29, 1.82) is 0 Å². The van der Waals surface area contributed by atoms with Crippen molar-refractivity contribution in [2.24, 2.45) is 0 Å². The molecule has 0 aliphatic heterocycles. The normalized spacial score (nSPS) is 10.7. The van der Waals surface area contributed by atoms with Gasteiger partial charge in [-0.15, -0.1) is 0 Å². The summed E-state index contributed by atoms with van der Waals surface area (Å²) >= 11 is 6.01. The molecule has 0 amide bonds. The number of halogens is 1. The first kappa shape index (κ1) is 17.2. The molecule has 25 heavy (non-hydrogen) atoms. The molecule has 0 radical (unpaired) electrons. The molecule has 0 saturated heterocycles. The maximum absolute atomic E-state index is 11.3. The second kappa shape index (κ2) is 7.53. The average Bonchev–Trinajstić information content (AvgIpc) is 3.05. The molecule has 0 fully saturated rings. The minimum absolute atomic E-state index is 0.159. The Morgan fingerprint density at radius 1 is 1.12 bits per heavy atom. The quantitative estimate of drug-likeness (QED) is 0.643. The zero-order valence-corrected chi connectivity index (χ0v) is 15.0. The Kier molecular flexibility index (Phi) is 5.19. The lowest BCUT2D eigenvalue weighted by atomic mass is 10.1. The van der Waals surface area contributed by atoms with Crippen LogP contribution in [0, 0.1) is 0 Å². The Bertz CT molecular complexity index is 868. The first-order chi connectivity index (χ1) is 12.1. The van der Waals surface area contributed by atoms with Crippen LogP contribution in [-0.2, 0) is 11.2 Å². The van der Waals surface area contributed by atoms with E-state index in [9.17, 15) is 4.79 Å². The van der Waals surface area contributed by atoms with Crippen LogP contribution in [0.1, 0.15) is 19.0 Å². The van der Waals surface area contributed by atoms with Crippen LogP contribution in [0.4, 0.5) is 0 Å². The molecule has 1 aromatic heterocycles. The molecule has 0 saturated carbocycles. The SMILES string of the molecule is COc1ccc(-n2nc(CCC(C)=O)cc2-c2ccc(Cl)cc2)cc1. The fraction of sp³-hybridized carbons (Fsp3) is 0.200. The topological polar surface area (TPSA) is 44.1 Å². The molecule has 128 valence electrons. The summed E-state index contributed by atoms with van der Waals surface area (Å²) in [7, 11) is 1.64. The summed E-state index contributed by atoms with van der Waals surface area (Å²) in [5.41, 5.74) is 3.79. The van der Waals surface area contributed by atoms with E-state index in [1.165, 1.54) is 0 Å². The minimum Gasteiger partial charge on any atom is -0.497 e. The third kappa shape index (κ3) is 4.09. The molecule has 3 aromatic rings. The third-order valence-corrected chi connectivity index (χ3v) is 4.20. The maximum Gasteiger partial charge on any atom is 0.130 e. The smallest absolute Gasteiger partial charge is 0.130 e. The van der Waals surface area contributed by atoms with Crippen LogP contribution in [0.15, 0.2) is 54.6 Å². The monoisotopic (exact) mass is 354 g/mol. The molecule has 0 atom stereocenters. The third-order valence-electron chi connectivity index (χ3n) is 3.95. The number of hydrogen-bond donors (Lipinski definition) is 0. The molecule has 5 heteroatoms. The number of nitrogens with zero attached hydrogens (tertiary/aromatic N) is 2. The predicted octanol–water partition coefficient (Wildman–Crippen LogP) is 4.72. The van der Waals surface area contributed by atoms with Crippen LogP contribution in [-0.4, -0.2) is 22.7 Å². The van der Waals surface area contributed by atoms with E-state index in [0.717, 1.165) is 28.4 Å². The number of benzene rings is 2. The van der Waals surface area contributed by atoms with Gasteiger partial charge in [-0.3, -0.25) is 0 Å². The molecule has 0 aliphatic rings. The molecule has 0 unspecified atom stereocenters. The molecule has 0 aliphatic carbocycles. The van der Waals surface area contributed by atoms with E-state index in [4.69, 9.17) is 21.4 Å². The number of aryl methyl sites for hydroxylation is 1. The van der Waals surface area contributed by atoms with Gasteiger partial charge in [0.1, 0.15) is 11.5 Å². The number of carbonyl (C=O) groups is 1. The fourth-order valence-electron chi connectivity index (χ4n) is 2.60. The second-order valence-corrected chi connectivity index (χ2v) is 6.28. The van der Waals surface area contributed by atoms with Crippen molar-refractivity contribution in [3.63, 3.8) is 0 Å². The average molecular weight is 355 g/mol. The predicted molar refractivity (Wildman–Crippen MR) is 99.6 cm³/mol. The van der Waals surface area contributed by atoms with E-state index >= 15 is 0 Å². The van der Waals surface area contributed by atoms with Crippen molar-refractivity contribution >= 4 is 17.4 Å². The Labute approximate surface area is 152 Å². The van der Waals surface area contributed by atoms with Gasteiger partial charge >= 0.3 is 0 Å². The van der Waals surface area contributed by atoms with Gasteiger partial charge in [-0.2, -0.15) is 5.10 Å². The van der Waals surface area contributed by atoms with Gasteiger partial charge in [-0.1, -0.05) is 23.7 Å². The highest BCUT2D eigenvalue weighted by Crippen LogP contribution is 2.27. The zero-order chi connectivity index (χ0) is 17.8. The molecule has 1 heterocycles. The van der Waals surface area contributed by atoms with E-state index in [2.05, 4.69) is 0 Å². The Balaban J connectivity index is 2.03. The summed E-state index contributed by atoms with van der Waals surface area (Å²) in [5, 5.41) is 5.39. The van der Waals surface area contributed by atoms with Crippen molar-refractivity contribution in [1.82, 2.24) is 9.78 Å². The highest BCUT2D eigenvalue weighted by atomic mass is 35.5. The number of carbonyl (C=O) groups excluding carboxylic acids is 1. The van der Waals surface area contributed by atoms with Gasteiger partial charge in [0, 0.05) is 17.0 Å². The molecule has 4 nitrogen and oxygen atoms in total. The molecule has 0 spiro atoms. The Hall–Kier alpha value is -2.59. The lowest BCUT2D eigenvalue weighted by Crippen LogP contribution is -2.00. The fourth-order valence-corrected chi connectivity index (χ4v) is 2.73. The van der Waals surface area contributed by atoms with Crippen molar-refractivity contribution in [3.8, 4) is 22.7 Å². The summed E-state index contributed by atoms with van der Waals surface area (Å²) in [6, 6.07) is 17.4. The Morgan fingerprint density at radius 3 is 2.40 bits per heavy atom. The van der Waals surface area contributed by atoms with E-state index in [1.807, 2.05) is 59.3 Å². The van der Waals surface area contributed by atoms with Crippen molar-refractivity contribution in [3.05, 3.63) is 65.3 Å². The lowest BCUT2D eigenvalue weighted by Gasteiger charge is -2.08. The van der Waals surface area contributed by atoms with Crippen molar-refractivity contribution < 1.29 is 9.53 Å². The summed E-state index contributed by atoms with van der Waals surface area (Å²) in [4.78, 5) is 11.3. The first-order valence-corrected chi connectivity index (χ1v) is 8.43. The van der Waals surface area contributed by atoms with Gasteiger partial charge in [-0.05, 0) is 55.8 Å². The number of methoxy groups -OCH3 is 1. The van der Waals surface area contributed by atoms with Crippen LogP contribution in [0.3, 0.4) is 0 Å². The second-order valence-electron chi connectivity index (χ2n) is 5.84. The Morgan fingerprint density at radius 2 is 1.80 bits per heavy atom. The largest absolute Gasteiger partial charge is 0.497 e. The number of ketones is 1. The van der Waals surface area contributed by atoms with Crippen LogP contribution in [0.5, 0.6) is 5.75 Å². The van der Waals surface area contributed by atoms with Gasteiger partial charge in [0.05, 0.1) is 24.2 Å². The van der Waals surface area contributed by atoms with E-state index < -0.39 is 0 Å². The van der Waals surface area contributed by atoms with Crippen LogP contribution in [0.25, 0.3) is 16.9 Å². The number of ether oxygens (including phenoxy) is 1. The van der Waals surface area contributed by atoms with Gasteiger partial charge < -0.3 is 9.53 Å². The number of rotatable bonds is 6. The highest BCUT2D eigenvalue weighted by molar-refractivity contribution is 6.30. The summed E-state index contributed by atoms with van der Waals surface area (Å²) < 4.78 is 7.11. The van der Waals surface area contributed by atoms with Crippen LogP contribution >= 0.6 is 11.6 Å². The van der Waals surface area contributed by atoms with Crippen LogP contribution < -0.4 is 4.74 Å². The first-order valence-electron chi connectivity index (χ1n) is 8.05. The van der Waals surface area contributed by atoms with E-state index in [1.54, 1.807) is 14.0 Å². The molecule has 2 aromatic carbocycles. The van der Waals surface area contributed by atoms with Crippen LogP contribution in [0.2, 0.25) is 5.02 Å². The number of Topliss-reactive ketones (excluding diaryl/α,β-unsaturated/α-hetero) is 1. The summed E-state index contributed by atoms with van der Waals surface area (Å²) in [6.07, 6.45) is 1.11. The maximum atomic E-state index is 11.3. The summed E-state index contributed by atoms with van der Waals surface area (Å²) in [6.45, 7) is 1.60. The van der Waals surface area contributed by atoms with Crippen molar-refractivity contribution in [2.75, 3.05) is 7.11 Å². The standard InChI is InChI=1S/C20H19ClN2O2/c1-14(24)3-8-17-13-20(15-4-6-16(21)7-5-15)23(22-17)18-9-11-19(25-2)12-10-18/h4-7,9-13H,3,8H2,1-2H3. The number of aromatic nitrogens is 2. The van der Waals surface area contributed by atoms with Gasteiger partial charge in [0.2, 0.25) is 0 Å². The van der Waals surface area contributed by atoms with E-state index in [-0.39, 0.29) is 5.78 Å². The molecule has 0 N–H and O–H groups in total. The zero-order valence-electron chi connectivity index (χ0n) is 14.2. The highest BCUT2D eigenvalue weighted by Gasteiger charge is 2.12.